The molecule has 142 valence electrons. The van der Waals surface area contributed by atoms with Crippen molar-refractivity contribution in [3.8, 4) is 11.5 Å². The number of fused-ring (bicyclic) bond motifs is 2. The Morgan fingerprint density at radius 1 is 1.14 bits per heavy atom. The smallest absolute Gasteiger partial charge is 0.182 e. The van der Waals surface area contributed by atoms with E-state index < -0.39 is 0 Å². The third-order valence-electron chi connectivity index (χ3n) is 5.95. The van der Waals surface area contributed by atoms with Gasteiger partial charge in [0.15, 0.2) is 17.2 Å². The van der Waals surface area contributed by atoms with Gasteiger partial charge in [-0.05, 0) is 37.1 Å². The molecule has 9 nitrogen and oxygen atoms in total. The van der Waals surface area contributed by atoms with Crippen LogP contribution in [0.4, 0.5) is 5.82 Å². The molecule has 0 aromatic carbocycles. The summed E-state index contributed by atoms with van der Waals surface area (Å²) in [6.45, 7) is 3.91. The van der Waals surface area contributed by atoms with Gasteiger partial charge in [-0.3, -0.25) is 10.00 Å². The number of imidazole rings is 1. The maximum absolute atomic E-state index is 6.04. The van der Waals surface area contributed by atoms with E-state index in [0.29, 0.717) is 12.0 Å². The van der Waals surface area contributed by atoms with Crippen LogP contribution in [0.5, 0.6) is 0 Å². The van der Waals surface area contributed by atoms with E-state index in [4.69, 9.17) is 4.42 Å². The standard InChI is InChI=1S/C19H20N8O/c1-2-16(14-3-5-24-25-14)28-13(1)8-26-6-4-12-7-27(9-15(12)26)19-17-18(21-10-20-17)22-11-23-19/h1-3,5,10-12,15H,4,6-9H2,(H,24,25)(H,20,21,22,23)/t12-,15+/m0/s1. The van der Waals surface area contributed by atoms with Crippen LogP contribution < -0.4 is 4.90 Å². The Balaban J connectivity index is 1.20. The Kier molecular flexibility index (Phi) is 3.48. The Morgan fingerprint density at radius 3 is 3.07 bits per heavy atom. The summed E-state index contributed by atoms with van der Waals surface area (Å²) >= 11 is 0. The van der Waals surface area contributed by atoms with E-state index in [9.17, 15) is 0 Å². The van der Waals surface area contributed by atoms with Gasteiger partial charge in [0.05, 0.1) is 12.9 Å². The molecular weight excluding hydrogens is 356 g/mol. The zero-order valence-electron chi connectivity index (χ0n) is 15.2. The van der Waals surface area contributed by atoms with Crippen molar-refractivity contribution in [2.45, 2.75) is 19.0 Å². The lowest BCUT2D eigenvalue weighted by molar-refractivity contribution is 0.227. The Bertz CT molecular complexity index is 1100. The lowest BCUT2D eigenvalue weighted by atomic mass is 10.1. The van der Waals surface area contributed by atoms with Crippen molar-refractivity contribution in [1.29, 1.82) is 0 Å². The predicted molar refractivity (Wildman–Crippen MR) is 102 cm³/mol. The highest BCUT2D eigenvalue weighted by atomic mass is 16.3. The molecule has 28 heavy (non-hydrogen) atoms. The van der Waals surface area contributed by atoms with Crippen molar-refractivity contribution >= 4 is 17.0 Å². The number of rotatable bonds is 4. The summed E-state index contributed by atoms with van der Waals surface area (Å²) in [5, 5.41) is 6.94. The van der Waals surface area contributed by atoms with Crippen LogP contribution in [-0.2, 0) is 6.54 Å². The van der Waals surface area contributed by atoms with Gasteiger partial charge in [-0.1, -0.05) is 0 Å². The van der Waals surface area contributed by atoms with Gasteiger partial charge in [0.1, 0.15) is 23.3 Å². The molecule has 0 aliphatic carbocycles. The van der Waals surface area contributed by atoms with Gasteiger partial charge in [0, 0.05) is 25.3 Å². The second-order valence-corrected chi connectivity index (χ2v) is 7.53. The molecule has 0 radical (unpaired) electrons. The minimum atomic E-state index is 0.508. The molecule has 6 heterocycles. The first-order valence-corrected chi connectivity index (χ1v) is 9.57. The molecule has 0 saturated carbocycles. The summed E-state index contributed by atoms with van der Waals surface area (Å²) < 4.78 is 6.04. The monoisotopic (exact) mass is 376 g/mol. The van der Waals surface area contributed by atoms with Gasteiger partial charge in [-0.25, -0.2) is 15.0 Å². The van der Waals surface area contributed by atoms with Crippen LogP contribution in [0.25, 0.3) is 22.6 Å². The molecule has 2 N–H and O–H groups in total. The number of anilines is 1. The maximum Gasteiger partial charge on any atom is 0.182 e. The number of aromatic amines is 2. The van der Waals surface area contributed by atoms with Crippen molar-refractivity contribution in [2.24, 2.45) is 5.92 Å². The number of likely N-dealkylation sites (tertiary alicyclic amines) is 1. The van der Waals surface area contributed by atoms with E-state index in [-0.39, 0.29) is 0 Å². The van der Waals surface area contributed by atoms with Gasteiger partial charge < -0.3 is 14.3 Å². The normalized spacial score (nSPS) is 22.4. The van der Waals surface area contributed by atoms with E-state index in [2.05, 4.69) is 46.0 Å². The number of aromatic nitrogens is 6. The summed E-state index contributed by atoms with van der Waals surface area (Å²) in [6.07, 6.45) is 6.22. The van der Waals surface area contributed by atoms with Gasteiger partial charge in [0.25, 0.3) is 0 Å². The van der Waals surface area contributed by atoms with Crippen molar-refractivity contribution in [1.82, 2.24) is 35.0 Å². The van der Waals surface area contributed by atoms with Crippen molar-refractivity contribution < 1.29 is 4.42 Å². The second-order valence-electron chi connectivity index (χ2n) is 7.53. The van der Waals surface area contributed by atoms with Gasteiger partial charge in [0.2, 0.25) is 0 Å². The van der Waals surface area contributed by atoms with Gasteiger partial charge >= 0.3 is 0 Å². The van der Waals surface area contributed by atoms with Crippen molar-refractivity contribution in [3.05, 3.63) is 42.8 Å². The molecule has 2 atom stereocenters. The van der Waals surface area contributed by atoms with E-state index >= 15 is 0 Å². The average molecular weight is 376 g/mol. The fraction of sp³-hybridized carbons (Fsp3) is 0.368. The summed E-state index contributed by atoms with van der Waals surface area (Å²) in [4.78, 5) is 21.1. The molecule has 2 aliphatic rings. The topological polar surface area (TPSA) is 103 Å². The second kappa shape index (κ2) is 6.16. The molecule has 6 rings (SSSR count). The molecule has 0 unspecified atom stereocenters. The molecule has 4 aromatic heterocycles. The molecule has 9 heteroatoms. The number of hydrogen-bond donors (Lipinski definition) is 2. The number of nitrogens with zero attached hydrogens (tertiary/aromatic N) is 6. The Morgan fingerprint density at radius 2 is 2.14 bits per heavy atom. The van der Waals surface area contributed by atoms with Crippen LogP contribution in [0.1, 0.15) is 12.2 Å². The van der Waals surface area contributed by atoms with Crippen LogP contribution in [0.2, 0.25) is 0 Å². The zero-order valence-corrected chi connectivity index (χ0v) is 15.2. The summed E-state index contributed by atoms with van der Waals surface area (Å²) in [7, 11) is 0. The van der Waals surface area contributed by atoms with Crippen LogP contribution in [0, 0.1) is 5.92 Å². The fourth-order valence-electron chi connectivity index (χ4n) is 4.61. The van der Waals surface area contributed by atoms with E-state index in [0.717, 1.165) is 60.4 Å². The van der Waals surface area contributed by atoms with E-state index in [1.54, 1.807) is 18.9 Å². The van der Waals surface area contributed by atoms with Gasteiger partial charge in [-0.15, -0.1) is 0 Å². The first kappa shape index (κ1) is 15.8. The van der Waals surface area contributed by atoms with Crippen LogP contribution >= 0.6 is 0 Å². The zero-order chi connectivity index (χ0) is 18.5. The highest BCUT2D eigenvalue weighted by Crippen LogP contribution is 2.36. The molecule has 0 amide bonds. The Labute approximate surface area is 160 Å². The molecule has 0 spiro atoms. The van der Waals surface area contributed by atoms with Crippen LogP contribution in [0.3, 0.4) is 0 Å². The highest BCUT2D eigenvalue weighted by molar-refractivity contribution is 5.82. The number of furan rings is 1. The van der Waals surface area contributed by atoms with E-state index in [1.165, 1.54) is 6.42 Å². The summed E-state index contributed by atoms with van der Waals surface area (Å²) in [5.41, 5.74) is 2.55. The Hall–Kier alpha value is -3.20. The largest absolute Gasteiger partial charge is 0.458 e. The number of hydrogen-bond acceptors (Lipinski definition) is 7. The minimum absolute atomic E-state index is 0.508. The first-order valence-electron chi connectivity index (χ1n) is 9.57. The SMILES string of the molecule is c1cc(-c2ccc(CN3CC[C@H]4CN(c5ncnc6nc[nH]c56)C[C@H]43)o2)[nH]n1. The van der Waals surface area contributed by atoms with Crippen molar-refractivity contribution in [3.63, 3.8) is 0 Å². The molecule has 4 aromatic rings. The third kappa shape index (κ3) is 2.50. The third-order valence-corrected chi connectivity index (χ3v) is 5.95. The maximum atomic E-state index is 6.04. The molecule has 2 saturated heterocycles. The summed E-state index contributed by atoms with van der Waals surface area (Å²) in [5.74, 6) is 3.42. The first-order chi connectivity index (χ1) is 13.8. The number of nitrogens with one attached hydrogen (secondary N) is 2. The average Bonchev–Trinajstić information content (AvgIpc) is 3.49. The molecular formula is C19H20N8O. The van der Waals surface area contributed by atoms with Crippen molar-refractivity contribution in [2.75, 3.05) is 24.5 Å². The predicted octanol–water partition coefficient (Wildman–Crippen LogP) is 2.05. The quantitative estimate of drug-likeness (QED) is 0.562. The fourth-order valence-corrected chi connectivity index (χ4v) is 4.61. The lowest BCUT2D eigenvalue weighted by Crippen LogP contribution is -2.35. The number of H-pyrrole nitrogens is 2. The molecule has 2 aliphatic heterocycles. The lowest BCUT2D eigenvalue weighted by Gasteiger charge is -2.24. The minimum Gasteiger partial charge on any atom is -0.458 e. The van der Waals surface area contributed by atoms with Crippen LogP contribution in [0.15, 0.2) is 41.5 Å². The summed E-state index contributed by atoms with van der Waals surface area (Å²) in [6, 6.07) is 6.50. The van der Waals surface area contributed by atoms with E-state index in [1.807, 2.05) is 12.1 Å². The van der Waals surface area contributed by atoms with Gasteiger partial charge in [-0.2, -0.15) is 5.10 Å². The van der Waals surface area contributed by atoms with Crippen LogP contribution in [-0.4, -0.2) is 60.7 Å². The highest BCUT2D eigenvalue weighted by Gasteiger charge is 2.42. The molecule has 0 bridgehead atoms. The molecule has 2 fully saturated rings.